The smallest absolute Gasteiger partial charge is 0.366 e. The zero-order valence-electron chi connectivity index (χ0n) is 23.0. The van der Waals surface area contributed by atoms with Gasteiger partial charge in [0.2, 0.25) is 0 Å². The first-order valence-corrected chi connectivity index (χ1v) is 13.2. The standard InChI is InChI=1S/C28H31F3N8O/c1-15(2)38-14-21(28(29,30)31)35-26(38)19-8-6-18(7-9-19)13-33-24-20-10-11-32-27(40)22(20)36-25(37-24)23-17(5)12-34-39(23)16(3)4/h6-9,12,14-16H,10-11,13H2,1-5H3,(H,32,40)(H,33,36,37). The molecule has 1 aliphatic rings. The van der Waals surface area contributed by atoms with Crippen molar-refractivity contribution in [1.29, 1.82) is 0 Å². The summed E-state index contributed by atoms with van der Waals surface area (Å²) in [7, 11) is 0. The van der Waals surface area contributed by atoms with Crippen molar-refractivity contribution < 1.29 is 18.0 Å². The van der Waals surface area contributed by atoms with Gasteiger partial charge in [0.15, 0.2) is 11.5 Å². The number of halogens is 3. The number of imidazole rings is 1. The Balaban J connectivity index is 1.44. The fourth-order valence-electron chi connectivity index (χ4n) is 4.76. The normalized spacial score (nSPS) is 13.6. The lowest BCUT2D eigenvalue weighted by molar-refractivity contribution is -0.140. The number of anilines is 1. The third kappa shape index (κ3) is 5.17. The van der Waals surface area contributed by atoms with E-state index in [1.165, 1.54) is 4.57 Å². The van der Waals surface area contributed by atoms with Gasteiger partial charge in [-0.2, -0.15) is 18.3 Å². The molecule has 0 saturated carbocycles. The lowest BCUT2D eigenvalue weighted by atomic mass is 10.1. The van der Waals surface area contributed by atoms with Crippen LogP contribution in [0.25, 0.3) is 22.9 Å². The number of carbonyl (C=O) groups excluding carboxylic acids is 1. The van der Waals surface area contributed by atoms with Crippen LogP contribution in [-0.4, -0.2) is 41.8 Å². The molecule has 1 aliphatic heterocycles. The highest BCUT2D eigenvalue weighted by atomic mass is 19.4. The van der Waals surface area contributed by atoms with E-state index < -0.39 is 11.9 Å². The van der Waals surface area contributed by atoms with Crippen LogP contribution in [-0.2, 0) is 19.1 Å². The number of fused-ring (bicyclic) bond motifs is 1. The average Bonchev–Trinajstić information content (AvgIpc) is 3.53. The molecule has 4 heterocycles. The van der Waals surface area contributed by atoms with Gasteiger partial charge in [-0.3, -0.25) is 9.48 Å². The van der Waals surface area contributed by atoms with Gasteiger partial charge < -0.3 is 15.2 Å². The number of hydrogen-bond acceptors (Lipinski definition) is 6. The molecule has 0 radical (unpaired) electrons. The molecule has 5 rings (SSSR count). The summed E-state index contributed by atoms with van der Waals surface area (Å²) in [5.74, 6) is 1.00. The van der Waals surface area contributed by atoms with Crippen LogP contribution in [0.2, 0.25) is 0 Å². The first-order valence-electron chi connectivity index (χ1n) is 13.2. The summed E-state index contributed by atoms with van der Waals surface area (Å²) in [6.45, 7) is 10.5. The van der Waals surface area contributed by atoms with E-state index in [0.29, 0.717) is 42.4 Å². The molecule has 0 unspecified atom stereocenters. The molecule has 0 aliphatic carbocycles. The van der Waals surface area contributed by atoms with E-state index in [1.54, 1.807) is 18.3 Å². The molecule has 0 bridgehead atoms. The highest BCUT2D eigenvalue weighted by molar-refractivity contribution is 5.96. The second-order valence-corrected chi connectivity index (χ2v) is 10.4. The van der Waals surface area contributed by atoms with Gasteiger partial charge in [-0.15, -0.1) is 0 Å². The van der Waals surface area contributed by atoms with Gasteiger partial charge in [0.1, 0.15) is 23.0 Å². The van der Waals surface area contributed by atoms with Crippen molar-refractivity contribution in [2.24, 2.45) is 0 Å². The van der Waals surface area contributed by atoms with Crippen molar-refractivity contribution in [3.05, 3.63) is 64.7 Å². The number of nitrogens with one attached hydrogen (secondary N) is 2. The average molecular weight is 553 g/mol. The van der Waals surface area contributed by atoms with E-state index in [2.05, 4.69) is 25.7 Å². The first-order chi connectivity index (χ1) is 18.9. The van der Waals surface area contributed by atoms with Gasteiger partial charge in [0, 0.05) is 42.5 Å². The molecular weight excluding hydrogens is 521 g/mol. The van der Waals surface area contributed by atoms with E-state index in [4.69, 9.17) is 4.98 Å². The van der Waals surface area contributed by atoms with Crippen molar-refractivity contribution in [1.82, 2.24) is 34.6 Å². The predicted octanol–water partition coefficient (Wildman–Crippen LogP) is 5.59. The van der Waals surface area contributed by atoms with Crippen molar-refractivity contribution in [3.63, 3.8) is 0 Å². The molecule has 0 saturated heterocycles. The van der Waals surface area contributed by atoms with Gasteiger partial charge in [-0.1, -0.05) is 24.3 Å². The number of benzene rings is 1. The lowest BCUT2D eigenvalue weighted by Crippen LogP contribution is -2.34. The fourth-order valence-corrected chi connectivity index (χ4v) is 4.76. The van der Waals surface area contributed by atoms with Gasteiger partial charge in [-0.25, -0.2) is 15.0 Å². The van der Waals surface area contributed by atoms with E-state index >= 15 is 0 Å². The minimum atomic E-state index is -4.52. The molecule has 210 valence electrons. The van der Waals surface area contributed by atoms with Crippen LogP contribution in [0.15, 0.2) is 36.7 Å². The zero-order chi connectivity index (χ0) is 28.8. The maximum Gasteiger partial charge on any atom is 0.434 e. The zero-order valence-corrected chi connectivity index (χ0v) is 23.0. The summed E-state index contributed by atoms with van der Waals surface area (Å²) >= 11 is 0. The Morgan fingerprint density at radius 1 is 1.05 bits per heavy atom. The molecule has 2 N–H and O–H groups in total. The molecule has 9 nitrogen and oxygen atoms in total. The molecule has 0 spiro atoms. The number of aryl methyl sites for hydroxylation is 1. The van der Waals surface area contributed by atoms with Crippen LogP contribution in [0.3, 0.4) is 0 Å². The molecule has 1 amide bonds. The second kappa shape index (κ2) is 10.4. The molecule has 40 heavy (non-hydrogen) atoms. The van der Waals surface area contributed by atoms with E-state index in [0.717, 1.165) is 28.6 Å². The largest absolute Gasteiger partial charge is 0.434 e. The minimum Gasteiger partial charge on any atom is -0.366 e. The van der Waals surface area contributed by atoms with E-state index in [-0.39, 0.29) is 23.8 Å². The Hall–Kier alpha value is -4.22. The Kier molecular flexibility index (Phi) is 7.11. The van der Waals surface area contributed by atoms with Crippen LogP contribution < -0.4 is 10.6 Å². The Morgan fingerprint density at radius 2 is 1.77 bits per heavy atom. The second-order valence-electron chi connectivity index (χ2n) is 10.4. The summed E-state index contributed by atoms with van der Waals surface area (Å²) in [6, 6.07) is 7.09. The topological polar surface area (TPSA) is 103 Å². The Labute approximate surface area is 229 Å². The molecule has 12 heteroatoms. The summed E-state index contributed by atoms with van der Waals surface area (Å²) in [5, 5.41) is 10.7. The third-order valence-electron chi connectivity index (χ3n) is 6.81. The van der Waals surface area contributed by atoms with Crippen LogP contribution in [0.4, 0.5) is 19.0 Å². The number of nitrogens with zero attached hydrogens (tertiary/aromatic N) is 6. The molecule has 0 atom stereocenters. The van der Waals surface area contributed by atoms with Gasteiger partial charge in [0.25, 0.3) is 5.91 Å². The molecular formula is C28H31F3N8O. The maximum absolute atomic E-state index is 13.3. The number of hydrogen-bond donors (Lipinski definition) is 2. The number of rotatable bonds is 7. The van der Waals surface area contributed by atoms with E-state index in [1.807, 2.05) is 51.4 Å². The maximum atomic E-state index is 13.3. The molecule has 1 aromatic carbocycles. The van der Waals surface area contributed by atoms with Crippen LogP contribution >= 0.6 is 0 Å². The van der Waals surface area contributed by atoms with Crippen molar-refractivity contribution in [3.8, 4) is 22.9 Å². The first kappa shape index (κ1) is 27.4. The highest BCUT2D eigenvalue weighted by Gasteiger charge is 2.35. The quantitative estimate of drug-likeness (QED) is 0.310. The van der Waals surface area contributed by atoms with Crippen LogP contribution in [0.5, 0.6) is 0 Å². The minimum absolute atomic E-state index is 0.0746. The van der Waals surface area contributed by atoms with Crippen LogP contribution in [0.1, 0.15) is 72.7 Å². The summed E-state index contributed by atoms with van der Waals surface area (Å²) < 4.78 is 43.3. The number of carbonyl (C=O) groups is 1. The molecule has 3 aromatic heterocycles. The predicted molar refractivity (Wildman–Crippen MR) is 145 cm³/mol. The lowest BCUT2D eigenvalue weighted by Gasteiger charge is -2.21. The van der Waals surface area contributed by atoms with Crippen molar-refractivity contribution in [2.75, 3.05) is 11.9 Å². The highest BCUT2D eigenvalue weighted by Crippen LogP contribution is 2.33. The van der Waals surface area contributed by atoms with Crippen molar-refractivity contribution >= 4 is 11.7 Å². The Bertz CT molecular complexity index is 1550. The third-order valence-corrected chi connectivity index (χ3v) is 6.81. The van der Waals surface area contributed by atoms with Gasteiger partial charge in [-0.05, 0) is 52.2 Å². The summed E-state index contributed by atoms with van der Waals surface area (Å²) in [6.07, 6.45) is -1.12. The van der Waals surface area contributed by atoms with Crippen molar-refractivity contribution in [2.45, 2.75) is 65.8 Å². The van der Waals surface area contributed by atoms with Crippen LogP contribution in [0, 0.1) is 6.92 Å². The molecule has 4 aromatic rings. The van der Waals surface area contributed by atoms with Gasteiger partial charge >= 0.3 is 6.18 Å². The van der Waals surface area contributed by atoms with Gasteiger partial charge in [0.05, 0.1) is 6.20 Å². The summed E-state index contributed by atoms with van der Waals surface area (Å²) in [5.41, 5.74) is 3.30. The SMILES string of the molecule is Cc1cnn(C(C)C)c1-c1nc(NCc2ccc(-c3nc(C(F)(F)F)cn3C(C)C)cc2)c2c(n1)C(=O)NCC2. The molecule has 0 fully saturated rings. The number of alkyl halides is 3. The fraction of sp³-hybridized carbons (Fsp3) is 0.393. The van der Waals surface area contributed by atoms with E-state index in [9.17, 15) is 18.0 Å². The number of amides is 1. The monoisotopic (exact) mass is 552 g/mol. The summed E-state index contributed by atoms with van der Waals surface area (Å²) in [4.78, 5) is 26.0. The number of aromatic nitrogens is 6. The Morgan fingerprint density at radius 3 is 2.42 bits per heavy atom.